The van der Waals surface area contributed by atoms with Crippen LogP contribution in [-0.4, -0.2) is 84.8 Å². The first-order chi connectivity index (χ1) is 17.0. The Morgan fingerprint density at radius 2 is 2.03 bits per heavy atom. The number of carbonyl (C=O) groups is 1. The number of aliphatic hydroxyl groups excluding tert-OH is 2. The number of anilines is 3. The first-order valence-corrected chi connectivity index (χ1v) is 12.5. The minimum absolute atomic E-state index is 0.0557. The number of hydrogen-bond donors (Lipinski definition) is 4. The van der Waals surface area contributed by atoms with Crippen LogP contribution in [0.2, 0.25) is 0 Å². The molecule has 0 bridgehead atoms. The number of benzene rings is 1. The maximum atomic E-state index is 12.8. The fourth-order valence-electron chi connectivity index (χ4n) is 4.57. The Bertz CT molecular complexity index is 1010. The molecule has 1 aromatic heterocycles. The highest BCUT2D eigenvalue weighted by molar-refractivity contribution is 5.91. The van der Waals surface area contributed by atoms with Gasteiger partial charge in [-0.05, 0) is 60.2 Å². The number of aliphatic hydroxyl groups is 2. The fraction of sp³-hybridized carbons (Fsp3) is 0.538. The minimum atomic E-state index is -0.870. The van der Waals surface area contributed by atoms with Gasteiger partial charge in [-0.15, -0.1) is 0 Å². The van der Waals surface area contributed by atoms with Gasteiger partial charge in [-0.3, -0.25) is 0 Å². The number of carbonyl (C=O) groups excluding carboxylic acids is 1. The number of urea groups is 1. The van der Waals surface area contributed by atoms with Crippen LogP contribution in [0.25, 0.3) is 11.1 Å². The fourth-order valence-corrected chi connectivity index (χ4v) is 4.57. The first-order valence-electron chi connectivity index (χ1n) is 12.5. The van der Waals surface area contributed by atoms with Crippen molar-refractivity contribution < 1.29 is 19.7 Å². The molecule has 2 aromatic rings. The summed E-state index contributed by atoms with van der Waals surface area (Å²) in [4.78, 5) is 21.7. The summed E-state index contributed by atoms with van der Waals surface area (Å²) in [6, 6.07) is 9.89. The predicted octanol–water partition coefficient (Wildman–Crippen LogP) is 2.92. The molecule has 4 N–H and O–H groups in total. The Balaban J connectivity index is 1.60. The Labute approximate surface area is 207 Å². The van der Waals surface area contributed by atoms with E-state index in [0.29, 0.717) is 24.9 Å². The quantitative estimate of drug-likeness (QED) is 0.457. The van der Waals surface area contributed by atoms with Crippen LogP contribution in [0.4, 0.5) is 22.1 Å². The Kier molecular flexibility index (Phi) is 8.43. The molecule has 2 aliphatic rings. The molecule has 0 aliphatic carbocycles. The molecule has 2 saturated heterocycles. The monoisotopic (exact) mass is 483 g/mol. The van der Waals surface area contributed by atoms with Crippen LogP contribution in [0, 0.1) is 12.8 Å². The van der Waals surface area contributed by atoms with E-state index in [-0.39, 0.29) is 19.2 Å². The lowest BCUT2D eigenvalue weighted by Gasteiger charge is -2.28. The van der Waals surface area contributed by atoms with Gasteiger partial charge in [0.05, 0.1) is 25.9 Å². The van der Waals surface area contributed by atoms with Gasteiger partial charge in [0, 0.05) is 38.4 Å². The van der Waals surface area contributed by atoms with Gasteiger partial charge in [0.25, 0.3) is 0 Å². The van der Waals surface area contributed by atoms with E-state index in [4.69, 9.17) is 9.72 Å². The van der Waals surface area contributed by atoms with Crippen LogP contribution >= 0.6 is 0 Å². The Morgan fingerprint density at radius 3 is 2.74 bits per heavy atom. The van der Waals surface area contributed by atoms with Gasteiger partial charge < -0.3 is 35.4 Å². The highest BCUT2D eigenvalue weighted by Crippen LogP contribution is 2.32. The lowest BCUT2D eigenvalue weighted by atomic mass is 10.00. The van der Waals surface area contributed by atoms with Gasteiger partial charge >= 0.3 is 6.03 Å². The molecular weight excluding hydrogens is 446 g/mol. The average Bonchev–Trinajstić information content (AvgIpc) is 3.38. The highest BCUT2D eigenvalue weighted by atomic mass is 16.5. The summed E-state index contributed by atoms with van der Waals surface area (Å²) in [5.74, 6) is 2.02. The van der Waals surface area contributed by atoms with Crippen LogP contribution < -0.4 is 15.5 Å². The number of aromatic nitrogens is 1. The van der Waals surface area contributed by atoms with Crippen LogP contribution in [0.1, 0.15) is 25.3 Å². The van der Waals surface area contributed by atoms with E-state index in [1.54, 1.807) is 0 Å². The van der Waals surface area contributed by atoms with E-state index in [1.165, 1.54) is 0 Å². The largest absolute Gasteiger partial charge is 0.394 e. The molecule has 1 aromatic carbocycles. The average molecular weight is 484 g/mol. The number of nitrogens with one attached hydrogen (secondary N) is 2. The molecule has 9 nitrogen and oxygen atoms in total. The summed E-state index contributed by atoms with van der Waals surface area (Å²) < 4.78 is 5.50. The van der Waals surface area contributed by atoms with Crippen LogP contribution in [0.5, 0.6) is 0 Å². The van der Waals surface area contributed by atoms with Crippen molar-refractivity contribution in [1.29, 1.82) is 0 Å². The summed E-state index contributed by atoms with van der Waals surface area (Å²) in [6.45, 7) is 8.49. The maximum Gasteiger partial charge on any atom is 0.321 e. The van der Waals surface area contributed by atoms with Gasteiger partial charge in [-0.2, -0.15) is 0 Å². The van der Waals surface area contributed by atoms with Gasteiger partial charge in [-0.1, -0.05) is 19.4 Å². The second-order valence-electron chi connectivity index (χ2n) is 9.38. The molecule has 0 radical (unpaired) electrons. The molecule has 2 fully saturated rings. The number of pyridine rings is 1. The molecule has 2 amide bonds. The SMILES string of the molecule is CC[C@@H]1CCN(C(=O)Nc2ccc(C)c(-c3cc(NC[C@@H](O)CO)nc(N4CCOCC4)c3)c2)C1. The summed E-state index contributed by atoms with van der Waals surface area (Å²) >= 11 is 0. The number of morpholine rings is 1. The van der Waals surface area contributed by atoms with Crippen LogP contribution in [0.3, 0.4) is 0 Å². The molecule has 190 valence electrons. The van der Waals surface area contributed by atoms with Crippen molar-refractivity contribution in [2.45, 2.75) is 32.8 Å². The van der Waals surface area contributed by atoms with Crippen LogP contribution in [0.15, 0.2) is 30.3 Å². The van der Waals surface area contributed by atoms with Crippen molar-refractivity contribution in [1.82, 2.24) is 9.88 Å². The van der Waals surface area contributed by atoms with Crippen molar-refractivity contribution >= 4 is 23.4 Å². The standard InChI is InChI=1S/C26H37N5O4/c1-3-19-6-7-31(16-19)26(34)28-21-5-4-18(2)23(14-21)20-12-24(27-15-22(33)17-32)29-25(13-20)30-8-10-35-11-9-30/h4-5,12-14,19,22,32-33H,3,6-11,15-17H2,1-2H3,(H,27,29)(H,28,34)/t19-,22-/m1/s1. The maximum absolute atomic E-state index is 12.8. The van der Waals surface area contributed by atoms with Gasteiger partial charge in [0.15, 0.2) is 0 Å². The minimum Gasteiger partial charge on any atom is -0.394 e. The number of nitrogens with zero attached hydrogens (tertiary/aromatic N) is 3. The lowest BCUT2D eigenvalue weighted by molar-refractivity contribution is 0.105. The zero-order valence-electron chi connectivity index (χ0n) is 20.7. The highest BCUT2D eigenvalue weighted by Gasteiger charge is 2.25. The van der Waals surface area contributed by atoms with Crippen molar-refractivity contribution in [3.8, 4) is 11.1 Å². The van der Waals surface area contributed by atoms with Crippen molar-refractivity contribution in [3.63, 3.8) is 0 Å². The molecule has 9 heteroatoms. The zero-order chi connectivity index (χ0) is 24.8. The molecular formula is C26H37N5O4. The smallest absolute Gasteiger partial charge is 0.321 e. The topological polar surface area (TPSA) is 110 Å². The Morgan fingerprint density at radius 1 is 1.23 bits per heavy atom. The molecule has 0 spiro atoms. The number of amides is 2. The number of aryl methyl sites for hydroxylation is 1. The lowest BCUT2D eigenvalue weighted by Crippen LogP contribution is -2.36. The summed E-state index contributed by atoms with van der Waals surface area (Å²) in [5, 5.41) is 25.2. The van der Waals surface area contributed by atoms with E-state index >= 15 is 0 Å². The van der Waals surface area contributed by atoms with Crippen molar-refractivity contribution in [2.24, 2.45) is 5.92 Å². The van der Waals surface area contributed by atoms with E-state index in [0.717, 1.165) is 67.2 Å². The second kappa shape index (κ2) is 11.7. The molecule has 35 heavy (non-hydrogen) atoms. The summed E-state index contributed by atoms with van der Waals surface area (Å²) in [5.41, 5.74) is 3.79. The molecule has 3 heterocycles. The van der Waals surface area contributed by atoms with E-state index < -0.39 is 6.10 Å². The predicted molar refractivity (Wildman–Crippen MR) is 138 cm³/mol. The van der Waals surface area contributed by atoms with Gasteiger partial charge in [0.1, 0.15) is 11.6 Å². The van der Waals surface area contributed by atoms with Crippen LogP contribution in [-0.2, 0) is 4.74 Å². The third kappa shape index (κ3) is 6.42. The Hall–Kier alpha value is -2.88. The third-order valence-corrected chi connectivity index (χ3v) is 6.83. The first kappa shape index (κ1) is 25.2. The van der Waals surface area contributed by atoms with Crippen molar-refractivity contribution in [3.05, 3.63) is 35.9 Å². The molecule has 0 unspecified atom stereocenters. The number of rotatable bonds is 8. The number of hydrogen-bond acceptors (Lipinski definition) is 7. The third-order valence-electron chi connectivity index (χ3n) is 6.83. The van der Waals surface area contributed by atoms with E-state index in [1.807, 2.05) is 36.1 Å². The van der Waals surface area contributed by atoms with Crippen molar-refractivity contribution in [2.75, 3.05) is 68.1 Å². The number of ether oxygens (including phenoxy) is 1. The molecule has 0 saturated carbocycles. The molecule has 2 atom stereocenters. The summed E-state index contributed by atoms with van der Waals surface area (Å²) in [7, 11) is 0. The van der Waals surface area contributed by atoms with E-state index in [9.17, 15) is 15.0 Å². The van der Waals surface area contributed by atoms with E-state index in [2.05, 4.69) is 28.5 Å². The number of likely N-dealkylation sites (tertiary alicyclic amines) is 1. The zero-order valence-corrected chi connectivity index (χ0v) is 20.7. The second-order valence-corrected chi connectivity index (χ2v) is 9.38. The summed E-state index contributed by atoms with van der Waals surface area (Å²) in [6.07, 6.45) is 1.29. The van der Waals surface area contributed by atoms with Gasteiger partial charge in [-0.25, -0.2) is 9.78 Å². The van der Waals surface area contributed by atoms with Gasteiger partial charge in [0.2, 0.25) is 0 Å². The normalized spacial score (nSPS) is 19.0. The molecule has 2 aliphatic heterocycles. The molecule has 4 rings (SSSR count).